The second-order valence-electron chi connectivity index (χ2n) is 7.08. The number of hydrogen-bond donors (Lipinski definition) is 2. The van der Waals surface area contributed by atoms with Crippen LogP contribution in [0.3, 0.4) is 0 Å². The Labute approximate surface area is 161 Å². The van der Waals surface area contributed by atoms with Crippen molar-refractivity contribution >= 4 is 5.69 Å². The van der Waals surface area contributed by atoms with E-state index in [9.17, 15) is 5.11 Å². The van der Waals surface area contributed by atoms with E-state index in [1.165, 1.54) is 0 Å². The Morgan fingerprint density at radius 3 is 2.32 bits per heavy atom. The largest absolute Gasteiger partial charge is 0.454 e. The fourth-order valence-electron chi connectivity index (χ4n) is 4.11. The molecule has 3 aliphatic rings. The van der Waals surface area contributed by atoms with Crippen LogP contribution in [0.2, 0.25) is 0 Å². The van der Waals surface area contributed by atoms with Crippen LogP contribution < -0.4 is 24.3 Å². The van der Waals surface area contributed by atoms with Gasteiger partial charge < -0.3 is 29.4 Å². The molecule has 1 atom stereocenters. The van der Waals surface area contributed by atoms with E-state index >= 15 is 0 Å². The molecule has 6 heteroatoms. The number of ether oxygens (including phenoxy) is 4. The zero-order valence-electron chi connectivity index (χ0n) is 14.9. The topological polar surface area (TPSA) is 69.2 Å². The molecule has 0 saturated carbocycles. The molecule has 140 valence electrons. The maximum absolute atomic E-state index is 11.6. The third-order valence-electron chi connectivity index (χ3n) is 5.56. The molecule has 3 heterocycles. The second kappa shape index (κ2) is 5.56. The molecule has 3 aromatic carbocycles. The zero-order valence-corrected chi connectivity index (χ0v) is 14.9. The molecule has 0 aliphatic carbocycles. The molecule has 0 saturated heterocycles. The summed E-state index contributed by atoms with van der Waals surface area (Å²) < 4.78 is 21.8. The molecule has 6 rings (SSSR count). The molecule has 0 spiro atoms. The van der Waals surface area contributed by atoms with E-state index in [0.29, 0.717) is 18.0 Å². The molecule has 3 aromatic rings. The van der Waals surface area contributed by atoms with Gasteiger partial charge in [-0.25, -0.2) is 0 Å². The SMILES string of the molecule is OC1(c2ccc3c(c2)OCO3)CNc2c(-c3ccc4c(c3)OCO4)cccc21. The first kappa shape index (κ1) is 15.7. The molecule has 0 fully saturated rings. The molecular formula is C22H17NO5. The summed E-state index contributed by atoms with van der Waals surface area (Å²) in [7, 11) is 0. The minimum Gasteiger partial charge on any atom is -0.454 e. The third kappa shape index (κ3) is 2.12. The van der Waals surface area contributed by atoms with Crippen LogP contribution in [-0.4, -0.2) is 25.2 Å². The van der Waals surface area contributed by atoms with Gasteiger partial charge in [0.2, 0.25) is 13.6 Å². The minimum absolute atomic E-state index is 0.209. The maximum atomic E-state index is 11.6. The summed E-state index contributed by atoms with van der Waals surface area (Å²) in [6.07, 6.45) is 0. The monoisotopic (exact) mass is 375 g/mol. The van der Waals surface area contributed by atoms with Crippen LogP contribution in [0.15, 0.2) is 54.6 Å². The van der Waals surface area contributed by atoms with Crippen LogP contribution >= 0.6 is 0 Å². The summed E-state index contributed by atoms with van der Waals surface area (Å²) in [6.45, 7) is 0.831. The highest BCUT2D eigenvalue weighted by molar-refractivity contribution is 5.84. The first-order valence-electron chi connectivity index (χ1n) is 9.12. The molecule has 0 radical (unpaired) electrons. The van der Waals surface area contributed by atoms with Crippen molar-refractivity contribution in [2.45, 2.75) is 5.60 Å². The van der Waals surface area contributed by atoms with Crippen molar-refractivity contribution in [1.82, 2.24) is 0 Å². The van der Waals surface area contributed by atoms with E-state index in [2.05, 4.69) is 5.32 Å². The molecule has 6 nitrogen and oxygen atoms in total. The minimum atomic E-state index is -1.15. The first-order chi connectivity index (χ1) is 13.7. The van der Waals surface area contributed by atoms with Gasteiger partial charge in [-0.05, 0) is 35.4 Å². The third-order valence-corrected chi connectivity index (χ3v) is 5.56. The van der Waals surface area contributed by atoms with Crippen LogP contribution in [0, 0.1) is 0 Å². The standard InChI is InChI=1S/C22H17NO5/c24-22(14-5-7-18-20(9-14)28-12-26-18)10-23-21-15(2-1-3-16(21)22)13-4-6-17-19(8-13)27-11-25-17/h1-9,23-24H,10-12H2. The molecule has 1 unspecified atom stereocenters. The lowest BCUT2D eigenvalue weighted by atomic mass is 9.86. The van der Waals surface area contributed by atoms with Gasteiger partial charge in [0, 0.05) is 16.8 Å². The smallest absolute Gasteiger partial charge is 0.231 e. The van der Waals surface area contributed by atoms with Crippen LogP contribution in [0.4, 0.5) is 5.69 Å². The van der Waals surface area contributed by atoms with Crippen molar-refractivity contribution in [3.8, 4) is 34.1 Å². The van der Waals surface area contributed by atoms with Crippen LogP contribution in [0.1, 0.15) is 11.1 Å². The number of hydrogen-bond acceptors (Lipinski definition) is 6. The zero-order chi connectivity index (χ0) is 18.7. The summed E-state index contributed by atoms with van der Waals surface area (Å²) >= 11 is 0. The van der Waals surface area contributed by atoms with E-state index in [0.717, 1.165) is 39.4 Å². The number of β-amino-alcohol motifs (C(OH)–C–C–N with tert-alkyl or cyclic N) is 1. The highest BCUT2D eigenvalue weighted by Crippen LogP contribution is 2.47. The molecular weight excluding hydrogens is 358 g/mol. The lowest BCUT2D eigenvalue weighted by Crippen LogP contribution is -2.29. The van der Waals surface area contributed by atoms with Crippen molar-refractivity contribution in [3.05, 3.63) is 65.7 Å². The highest BCUT2D eigenvalue weighted by atomic mass is 16.7. The van der Waals surface area contributed by atoms with Gasteiger partial charge in [0.05, 0.1) is 6.54 Å². The van der Waals surface area contributed by atoms with Crippen LogP contribution in [-0.2, 0) is 5.60 Å². The summed E-state index contributed by atoms with van der Waals surface area (Å²) in [6, 6.07) is 17.4. The number of para-hydroxylation sites is 1. The average Bonchev–Trinajstić information content (AvgIpc) is 3.45. The van der Waals surface area contributed by atoms with Gasteiger partial charge in [-0.2, -0.15) is 0 Å². The van der Waals surface area contributed by atoms with Gasteiger partial charge in [0.25, 0.3) is 0 Å². The van der Waals surface area contributed by atoms with Gasteiger partial charge in [-0.15, -0.1) is 0 Å². The number of nitrogens with one attached hydrogen (secondary N) is 1. The number of rotatable bonds is 2. The van der Waals surface area contributed by atoms with E-state index < -0.39 is 5.60 Å². The Bertz CT molecular complexity index is 1110. The first-order valence-corrected chi connectivity index (χ1v) is 9.12. The Kier molecular flexibility index (Phi) is 3.11. The van der Waals surface area contributed by atoms with Crippen molar-refractivity contribution in [3.63, 3.8) is 0 Å². The van der Waals surface area contributed by atoms with Gasteiger partial charge in [0.1, 0.15) is 5.60 Å². The summed E-state index contributed by atoms with van der Waals surface area (Å²) in [4.78, 5) is 0. The Morgan fingerprint density at radius 1 is 0.786 bits per heavy atom. The fourth-order valence-corrected chi connectivity index (χ4v) is 4.11. The number of benzene rings is 3. The van der Waals surface area contributed by atoms with Gasteiger partial charge >= 0.3 is 0 Å². The Hall–Kier alpha value is -3.38. The normalized spacial score (nSPS) is 20.8. The Morgan fingerprint density at radius 2 is 1.50 bits per heavy atom. The Balaban J connectivity index is 1.46. The molecule has 0 bridgehead atoms. The molecule has 2 N–H and O–H groups in total. The van der Waals surface area contributed by atoms with Gasteiger partial charge in [-0.3, -0.25) is 0 Å². The van der Waals surface area contributed by atoms with Crippen molar-refractivity contribution in [2.24, 2.45) is 0 Å². The molecule has 28 heavy (non-hydrogen) atoms. The summed E-state index contributed by atoms with van der Waals surface area (Å²) in [5.74, 6) is 2.85. The molecule has 3 aliphatic heterocycles. The summed E-state index contributed by atoms with van der Waals surface area (Å²) in [5, 5.41) is 15.0. The van der Waals surface area contributed by atoms with E-state index in [4.69, 9.17) is 18.9 Å². The second-order valence-corrected chi connectivity index (χ2v) is 7.08. The maximum Gasteiger partial charge on any atom is 0.231 e. The van der Waals surface area contributed by atoms with Gasteiger partial charge in [0.15, 0.2) is 23.0 Å². The molecule has 0 aromatic heterocycles. The predicted molar refractivity (Wildman–Crippen MR) is 102 cm³/mol. The van der Waals surface area contributed by atoms with E-state index in [1.807, 2.05) is 54.6 Å². The lowest BCUT2D eigenvalue weighted by molar-refractivity contribution is 0.103. The van der Waals surface area contributed by atoms with Crippen molar-refractivity contribution < 1.29 is 24.1 Å². The number of anilines is 1. The quantitative estimate of drug-likeness (QED) is 0.715. The fraction of sp³-hybridized carbons (Fsp3) is 0.182. The average molecular weight is 375 g/mol. The van der Waals surface area contributed by atoms with Crippen LogP contribution in [0.25, 0.3) is 11.1 Å². The summed E-state index contributed by atoms with van der Waals surface area (Å²) in [5.41, 5.74) is 3.38. The predicted octanol–water partition coefficient (Wildman–Crippen LogP) is 3.47. The van der Waals surface area contributed by atoms with Crippen LogP contribution in [0.5, 0.6) is 23.0 Å². The van der Waals surface area contributed by atoms with E-state index in [1.54, 1.807) is 0 Å². The van der Waals surface area contributed by atoms with Crippen molar-refractivity contribution in [1.29, 1.82) is 0 Å². The van der Waals surface area contributed by atoms with Crippen molar-refractivity contribution in [2.75, 3.05) is 25.4 Å². The molecule has 0 amide bonds. The number of aliphatic hydroxyl groups is 1. The lowest BCUT2D eigenvalue weighted by Gasteiger charge is -2.24. The van der Waals surface area contributed by atoms with Gasteiger partial charge in [-0.1, -0.05) is 30.3 Å². The van der Waals surface area contributed by atoms with E-state index in [-0.39, 0.29) is 13.6 Å². The number of fused-ring (bicyclic) bond motifs is 3. The highest BCUT2D eigenvalue weighted by Gasteiger charge is 2.40.